The fraction of sp³-hybridized carbons (Fsp3) is 1.00. The molecule has 0 aliphatic carbocycles. The van der Waals surface area contributed by atoms with E-state index >= 15 is 0 Å². The maximum atomic E-state index is 9.12. The number of ether oxygens (including phenoxy) is 1. The molecule has 0 bridgehead atoms. The largest absolute Gasteiger partial charge is 0.396 e. The van der Waals surface area contributed by atoms with E-state index < -0.39 is 0 Å². The minimum Gasteiger partial charge on any atom is -0.396 e. The fourth-order valence-electron chi connectivity index (χ4n) is 1.88. The van der Waals surface area contributed by atoms with Crippen LogP contribution in [0.3, 0.4) is 0 Å². The van der Waals surface area contributed by atoms with Crippen LogP contribution in [0.25, 0.3) is 0 Å². The lowest BCUT2D eigenvalue weighted by atomic mass is 9.76. The molecule has 2 heteroatoms. The van der Waals surface area contributed by atoms with Crippen molar-refractivity contribution in [3.63, 3.8) is 0 Å². The van der Waals surface area contributed by atoms with Crippen molar-refractivity contribution >= 4 is 0 Å². The Kier molecular flexibility index (Phi) is 2.55. The third-order valence-electron chi connectivity index (χ3n) is 2.79. The molecule has 0 spiro atoms. The van der Waals surface area contributed by atoms with E-state index in [4.69, 9.17) is 9.84 Å². The molecule has 1 rings (SSSR count). The lowest BCUT2D eigenvalue weighted by molar-refractivity contribution is 0.0353. The van der Waals surface area contributed by atoms with E-state index in [0.717, 1.165) is 13.0 Å². The first kappa shape index (κ1) is 9.01. The molecule has 2 nitrogen and oxygen atoms in total. The predicted octanol–water partition coefficient (Wildman–Crippen LogP) is 1.43. The van der Waals surface area contributed by atoms with Crippen LogP contribution in [0.5, 0.6) is 0 Å². The van der Waals surface area contributed by atoms with Crippen LogP contribution in [-0.2, 0) is 4.74 Å². The zero-order valence-electron chi connectivity index (χ0n) is 7.63. The Bertz CT molecular complexity index is 132. The Labute approximate surface area is 68.6 Å². The van der Waals surface area contributed by atoms with E-state index in [2.05, 4.69) is 20.8 Å². The number of aliphatic hydroxyl groups excluding tert-OH is 1. The van der Waals surface area contributed by atoms with Gasteiger partial charge in [0.1, 0.15) is 0 Å². The van der Waals surface area contributed by atoms with Gasteiger partial charge in [-0.2, -0.15) is 0 Å². The van der Waals surface area contributed by atoms with E-state index in [0.29, 0.717) is 12.0 Å². The Hall–Kier alpha value is -0.0800. The number of rotatable bonds is 2. The van der Waals surface area contributed by atoms with Crippen molar-refractivity contribution in [1.82, 2.24) is 0 Å². The van der Waals surface area contributed by atoms with Gasteiger partial charge in [0, 0.05) is 13.2 Å². The van der Waals surface area contributed by atoms with Crippen molar-refractivity contribution in [3.8, 4) is 0 Å². The second kappa shape index (κ2) is 3.11. The van der Waals surface area contributed by atoms with Crippen LogP contribution in [0.4, 0.5) is 0 Å². The van der Waals surface area contributed by atoms with Gasteiger partial charge in [0.2, 0.25) is 0 Å². The highest BCUT2D eigenvalue weighted by Gasteiger charge is 2.36. The maximum absolute atomic E-state index is 9.12. The third-order valence-corrected chi connectivity index (χ3v) is 2.79. The second-order valence-electron chi connectivity index (χ2n) is 4.12. The highest BCUT2D eigenvalue weighted by molar-refractivity contribution is 4.85. The molecule has 1 saturated heterocycles. The molecule has 1 aliphatic heterocycles. The van der Waals surface area contributed by atoms with Crippen LogP contribution in [0.15, 0.2) is 0 Å². The number of hydrogen-bond acceptors (Lipinski definition) is 2. The van der Waals surface area contributed by atoms with E-state index in [1.165, 1.54) is 0 Å². The van der Waals surface area contributed by atoms with Crippen molar-refractivity contribution in [3.05, 3.63) is 0 Å². The maximum Gasteiger partial charge on any atom is 0.0581 e. The number of aliphatic hydroxyl groups is 1. The molecule has 0 amide bonds. The summed E-state index contributed by atoms with van der Waals surface area (Å²) >= 11 is 0. The zero-order chi connectivity index (χ0) is 8.48. The van der Waals surface area contributed by atoms with Gasteiger partial charge < -0.3 is 9.84 Å². The fourth-order valence-corrected chi connectivity index (χ4v) is 1.88. The minimum absolute atomic E-state index is 0.0237. The normalized spacial score (nSPS) is 32.7. The molecular formula is C9H18O2. The summed E-state index contributed by atoms with van der Waals surface area (Å²) in [6.45, 7) is 7.40. The average molecular weight is 158 g/mol. The lowest BCUT2D eigenvalue weighted by Crippen LogP contribution is -2.32. The smallest absolute Gasteiger partial charge is 0.0581 e. The second-order valence-corrected chi connectivity index (χ2v) is 4.12. The first-order valence-electron chi connectivity index (χ1n) is 4.30. The predicted molar refractivity (Wildman–Crippen MR) is 44.4 cm³/mol. The molecule has 2 unspecified atom stereocenters. The Morgan fingerprint density at radius 2 is 2.18 bits per heavy atom. The molecule has 1 aliphatic rings. The van der Waals surface area contributed by atoms with Gasteiger partial charge in [0.25, 0.3) is 0 Å². The molecular weight excluding hydrogens is 140 g/mol. The van der Waals surface area contributed by atoms with Crippen molar-refractivity contribution in [1.29, 1.82) is 0 Å². The molecule has 0 aromatic rings. The summed E-state index contributed by atoms with van der Waals surface area (Å²) < 4.78 is 5.44. The van der Waals surface area contributed by atoms with Crippen LogP contribution < -0.4 is 0 Å². The van der Waals surface area contributed by atoms with Gasteiger partial charge in [-0.25, -0.2) is 0 Å². The Morgan fingerprint density at radius 3 is 2.55 bits per heavy atom. The monoisotopic (exact) mass is 158 g/mol. The summed E-state index contributed by atoms with van der Waals surface area (Å²) in [7, 11) is 0. The van der Waals surface area contributed by atoms with Crippen molar-refractivity contribution in [2.75, 3.05) is 13.2 Å². The molecule has 1 fully saturated rings. The minimum atomic E-state index is 0.0237. The molecule has 2 atom stereocenters. The van der Waals surface area contributed by atoms with Crippen molar-refractivity contribution in [2.45, 2.75) is 33.3 Å². The van der Waals surface area contributed by atoms with Gasteiger partial charge in [0.15, 0.2) is 0 Å². The van der Waals surface area contributed by atoms with E-state index in [1.807, 2.05) is 0 Å². The summed E-state index contributed by atoms with van der Waals surface area (Å²) in [6, 6.07) is 0. The van der Waals surface area contributed by atoms with Gasteiger partial charge in [0.05, 0.1) is 6.10 Å². The van der Waals surface area contributed by atoms with Gasteiger partial charge in [-0.1, -0.05) is 13.8 Å². The average Bonchev–Trinajstić information content (AvgIpc) is 2.36. The quantitative estimate of drug-likeness (QED) is 0.658. The summed E-state index contributed by atoms with van der Waals surface area (Å²) in [5.74, 6) is 0.521. The molecule has 1 N–H and O–H groups in total. The SMILES string of the molecule is CC1OCCC1C(C)(C)CO. The topological polar surface area (TPSA) is 29.5 Å². The van der Waals surface area contributed by atoms with Crippen molar-refractivity contribution < 1.29 is 9.84 Å². The molecule has 66 valence electrons. The lowest BCUT2D eigenvalue weighted by Gasteiger charge is -2.31. The molecule has 1 heterocycles. The number of hydrogen-bond donors (Lipinski definition) is 1. The molecule has 0 saturated carbocycles. The molecule has 0 aromatic heterocycles. The van der Waals surface area contributed by atoms with Crippen LogP contribution >= 0.6 is 0 Å². The third kappa shape index (κ3) is 1.74. The molecule has 0 aromatic carbocycles. The summed E-state index contributed by atoms with van der Waals surface area (Å²) in [4.78, 5) is 0. The van der Waals surface area contributed by atoms with Gasteiger partial charge in [-0.05, 0) is 24.7 Å². The first-order valence-corrected chi connectivity index (χ1v) is 4.30. The van der Waals surface area contributed by atoms with Crippen LogP contribution in [0, 0.1) is 11.3 Å². The van der Waals surface area contributed by atoms with Crippen molar-refractivity contribution in [2.24, 2.45) is 11.3 Å². The summed E-state index contributed by atoms with van der Waals surface area (Å²) in [5.41, 5.74) is 0.0237. The summed E-state index contributed by atoms with van der Waals surface area (Å²) in [6.07, 6.45) is 1.41. The molecule has 11 heavy (non-hydrogen) atoms. The van der Waals surface area contributed by atoms with Gasteiger partial charge in [-0.3, -0.25) is 0 Å². The first-order chi connectivity index (χ1) is 5.08. The van der Waals surface area contributed by atoms with Crippen LogP contribution in [0.1, 0.15) is 27.2 Å². The standard InChI is InChI=1S/C9H18O2/c1-7-8(4-5-11-7)9(2,3)6-10/h7-8,10H,4-6H2,1-3H3. The van der Waals surface area contributed by atoms with E-state index in [-0.39, 0.29) is 12.0 Å². The zero-order valence-corrected chi connectivity index (χ0v) is 7.63. The van der Waals surface area contributed by atoms with Crippen LogP contribution in [-0.4, -0.2) is 24.4 Å². The van der Waals surface area contributed by atoms with E-state index in [1.54, 1.807) is 0 Å². The highest BCUT2D eigenvalue weighted by atomic mass is 16.5. The van der Waals surface area contributed by atoms with E-state index in [9.17, 15) is 0 Å². The van der Waals surface area contributed by atoms with Gasteiger partial charge >= 0.3 is 0 Å². The van der Waals surface area contributed by atoms with Crippen LogP contribution in [0.2, 0.25) is 0 Å². The Balaban J connectivity index is 2.58. The highest BCUT2D eigenvalue weighted by Crippen LogP contribution is 2.36. The Morgan fingerprint density at radius 1 is 1.55 bits per heavy atom. The molecule has 0 radical (unpaired) electrons. The summed E-state index contributed by atoms with van der Waals surface area (Å²) in [5, 5.41) is 9.12. The van der Waals surface area contributed by atoms with Gasteiger partial charge in [-0.15, -0.1) is 0 Å².